The van der Waals surface area contributed by atoms with Crippen molar-refractivity contribution in [2.75, 3.05) is 19.7 Å². The summed E-state index contributed by atoms with van der Waals surface area (Å²) >= 11 is 0. The fraction of sp³-hybridized carbons (Fsp3) is 0.836. The molecule has 558 valence electrons. The number of nitrogens with one attached hydrogen (secondary N) is 5. The minimum Gasteiger partial charge on any atom is -0.463 e. The first-order valence-electron chi connectivity index (χ1n) is 32.1. The molecule has 0 bridgehead atoms. The second-order valence-corrected chi connectivity index (χ2v) is 29.9. The third-order valence-corrected chi connectivity index (χ3v) is 14.1. The molecule has 0 aromatic rings. The van der Waals surface area contributed by atoms with Gasteiger partial charge in [0, 0.05) is 37.5 Å². The molecule has 0 aromatic heterocycles. The molecule has 99 heavy (non-hydrogen) atoms. The van der Waals surface area contributed by atoms with Crippen LogP contribution < -0.4 is 26.6 Å². The largest absolute Gasteiger partial charge is 0.463 e. The van der Waals surface area contributed by atoms with Crippen molar-refractivity contribution in [1.29, 1.82) is 0 Å². The van der Waals surface area contributed by atoms with Crippen molar-refractivity contribution in [2.45, 2.75) is 308 Å². The van der Waals surface area contributed by atoms with E-state index in [1.54, 1.807) is 104 Å². The molecule has 1 aliphatic carbocycles. The van der Waals surface area contributed by atoms with Crippen molar-refractivity contribution in [3.8, 4) is 0 Å². The Morgan fingerprint density at radius 3 is 1.30 bits per heavy atom. The highest BCUT2D eigenvalue weighted by atomic mass is 16.8. The van der Waals surface area contributed by atoms with Gasteiger partial charge in [-0.3, -0.25) is 24.1 Å². The first-order chi connectivity index (χ1) is 45.4. The van der Waals surface area contributed by atoms with Crippen LogP contribution in [-0.4, -0.2) is 235 Å². The number of rotatable bonds is 20. The van der Waals surface area contributed by atoms with Crippen LogP contribution in [0.25, 0.3) is 20.9 Å². The van der Waals surface area contributed by atoms with Gasteiger partial charge in [0.05, 0.1) is 37.3 Å². The Morgan fingerprint density at radius 2 is 0.838 bits per heavy atom. The van der Waals surface area contributed by atoms with E-state index in [0.29, 0.717) is 0 Å². The molecule has 1 saturated carbocycles. The molecule has 5 rings (SSSR count). The molecule has 5 aliphatic rings. The molecule has 0 radical (unpaired) electrons. The Labute approximate surface area is 573 Å². The first kappa shape index (κ1) is 81.6. The number of hydrogen-bond acceptors (Lipinski definition) is 28. The van der Waals surface area contributed by atoms with Gasteiger partial charge in [0.25, 0.3) is 0 Å². The van der Waals surface area contributed by atoms with Gasteiger partial charge in [0.2, 0.25) is 0 Å². The molecule has 4 aliphatic heterocycles. The monoisotopic (exact) mass is 1410 g/mol. The van der Waals surface area contributed by atoms with Gasteiger partial charge in [0.15, 0.2) is 31.1 Å². The quantitative estimate of drug-likeness (QED) is 0.0228. The first-order valence-corrected chi connectivity index (χ1v) is 32.1. The van der Waals surface area contributed by atoms with Crippen molar-refractivity contribution in [1.82, 2.24) is 31.5 Å². The number of amides is 6. The molecule has 0 aromatic carbocycles. The molecular formula is C61H98N12O26. The predicted octanol–water partition coefficient (Wildman–Crippen LogP) is 6.15. The molecule has 6 amide bonds. The van der Waals surface area contributed by atoms with Crippen LogP contribution in [0, 0.1) is 0 Å². The van der Waals surface area contributed by atoms with Crippen LogP contribution in [0.2, 0.25) is 0 Å². The maximum atomic E-state index is 14.4. The lowest BCUT2D eigenvalue weighted by molar-refractivity contribution is -0.281. The van der Waals surface area contributed by atoms with Gasteiger partial charge < -0.3 is 102 Å². The minimum absolute atomic E-state index is 0.444. The Balaban J connectivity index is 1.80. The molecule has 0 spiro atoms. The van der Waals surface area contributed by atoms with Crippen LogP contribution in [-0.2, 0) is 95.0 Å². The Morgan fingerprint density at radius 1 is 0.434 bits per heavy atom. The zero-order chi connectivity index (χ0) is 74.8. The Kier molecular flexibility index (Phi) is 27.1. The summed E-state index contributed by atoms with van der Waals surface area (Å²) in [5.74, 6) is -3.71. The maximum absolute atomic E-state index is 14.4. The van der Waals surface area contributed by atoms with E-state index in [9.17, 15) is 59.0 Å². The van der Waals surface area contributed by atoms with Gasteiger partial charge in [-0.05, 0) is 142 Å². The minimum atomic E-state index is -2.07. The van der Waals surface area contributed by atoms with Crippen LogP contribution >= 0.6 is 0 Å². The van der Waals surface area contributed by atoms with Crippen molar-refractivity contribution in [3.63, 3.8) is 0 Å². The van der Waals surface area contributed by atoms with E-state index in [-0.39, 0.29) is 0 Å². The van der Waals surface area contributed by atoms with Crippen molar-refractivity contribution < 1.29 is 124 Å². The van der Waals surface area contributed by atoms with E-state index >= 15 is 0 Å². The van der Waals surface area contributed by atoms with E-state index in [1.165, 1.54) is 25.7 Å². The van der Waals surface area contributed by atoms with Gasteiger partial charge in [0.1, 0.15) is 101 Å². The Bertz CT molecular complexity index is 3020. The average Bonchev–Trinajstić information content (AvgIpc) is 1.55. The highest BCUT2D eigenvalue weighted by molar-refractivity contribution is 5.74. The summed E-state index contributed by atoms with van der Waals surface area (Å²) in [6.45, 7) is 30.7. The second kappa shape index (κ2) is 32.9. The zero-order valence-corrected chi connectivity index (χ0v) is 60.0. The number of carbonyl (C=O) groups is 10. The number of fused-ring (bicyclic) bond motifs is 1. The topological polar surface area (TPSA) is 479 Å². The number of azide groups is 2. The molecule has 19 atom stereocenters. The van der Waals surface area contributed by atoms with Crippen molar-refractivity contribution in [3.05, 3.63) is 20.9 Å². The summed E-state index contributed by atoms with van der Waals surface area (Å²) in [6, 6.07) is -10.6. The van der Waals surface area contributed by atoms with Gasteiger partial charge in [-0.2, -0.15) is 0 Å². The van der Waals surface area contributed by atoms with Gasteiger partial charge in [-0.25, -0.2) is 28.8 Å². The number of nitrogens with zero attached hydrogens (tertiary/aromatic N) is 7. The standard InChI is InChI=1S/C61H98N12O26/c1-27(74)84-26-35-44(92-47-38(68-54(82)98-60(17,18)19)37(70-72-63)42(85-28(2)75)33(88-47)24-64-50(78)94-56(5,6)7)46(87-30(4)77)49(90-35)93-45-36(67-53(81)97-59(14,15)16)31(69-71-62)23-32(66-52(80)96-58(11,12)13)41(45)91-48-40-39(73(40)55(83)99-61(20,21)22)43(86-29(3)76)34(89-48)25-65-51(79)95-57(8,9)10/h31-49H,23-26H2,1-22H3,(H,64,78)(H,65,79)(H,66,80)(H,67,81)(H,68,82)/t31-,32-,33-,34+,35+,36+,37+,38+,39+,40-,41+,42+,43+,44+,45+,46+,47+,48-,49-,73?/m0/s1. The van der Waals surface area contributed by atoms with E-state index < -0.39 is 236 Å². The van der Waals surface area contributed by atoms with Crippen LogP contribution in [0.4, 0.5) is 28.8 Å². The number of hydrogen-bond donors (Lipinski definition) is 5. The molecule has 4 saturated heterocycles. The summed E-state index contributed by atoms with van der Waals surface area (Å²) < 4.78 is 97.4. The van der Waals surface area contributed by atoms with E-state index in [0.717, 1.165) is 27.7 Å². The third kappa shape index (κ3) is 25.5. The number of alkyl carbamates (subject to hydrolysis) is 5. The fourth-order valence-corrected chi connectivity index (χ4v) is 11.0. The fourth-order valence-electron chi connectivity index (χ4n) is 11.0. The predicted molar refractivity (Wildman–Crippen MR) is 338 cm³/mol. The third-order valence-electron chi connectivity index (χ3n) is 14.1. The lowest BCUT2D eigenvalue weighted by atomic mass is 9.82. The van der Waals surface area contributed by atoms with Gasteiger partial charge in [-0.1, -0.05) is 10.2 Å². The molecule has 0 unspecified atom stereocenters. The lowest BCUT2D eigenvalue weighted by Crippen LogP contribution is -2.68. The molecule has 5 N–H and O–H groups in total. The second-order valence-electron chi connectivity index (χ2n) is 29.9. The molecule has 5 fully saturated rings. The smallest absolute Gasteiger partial charge is 0.411 e. The van der Waals surface area contributed by atoms with Crippen molar-refractivity contribution in [2.24, 2.45) is 10.2 Å². The summed E-state index contributed by atoms with van der Waals surface area (Å²) in [5, 5.41) is 21.1. The number of ether oxygens (including phenoxy) is 16. The highest BCUT2D eigenvalue weighted by Gasteiger charge is 2.69. The number of carbonyl (C=O) groups excluding carboxylic acids is 10. The van der Waals surface area contributed by atoms with Crippen molar-refractivity contribution >= 4 is 60.4 Å². The lowest BCUT2D eigenvalue weighted by Gasteiger charge is -2.47. The molecular weight excluding hydrogens is 1320 g/mol. The molecule has 4 heterocycles. The normalized spacial score (nSPS) is 29.9. The van der Waals surface area contributed by atoms with Gasteiger partial charge in [-0.15, -0.1) is 0 Å². The SMILES string of the molecule is CC(=O)OC[C@H]1O[C@@H](O[C@@H]2[C@H](NC(=O)OC(C)(C)C)[C@@H](N=[N+]=[N-])C[C@H](NC(=O)OC(C)(C)C)[C@H]2O[C@@H]2O[C@H](CNC(=O)OC(C)(C)C)[C@@H](OC(C)=O)[C@H]3[C@@H]2N3C(=O)OC(C)(C)C)[C@H](OC(C)=O)[C@@H]1O[C@H]1O[C@@H](CNC(=O)OC(C)(C)C)[C@@H](OC(C)=O)[C@H](N=[N+]=[N-])[C@H]1NC(=O)OC(C)(C)C. The van der Waals surface area contributed by atoms with Crippen LogP contribution in [0.15, 0.2) is 10.2 Å². The summed E-state index contributed by atoms with van der Waals surface area (Å²) in [4.78, 5) is 143. The summed E-state index contributed by atoms with van der Waals surface area (Å²) in [5.41, 5.74) is 13.8. The molecule has 38 nitrogen and oxygen atoms in total. The van der Waals surface area contributed by atoms with E-state index in [2.05, 4.69) is 46.6 Å². The summed E-state index contributed by atoms with van der Waals surface area (Å²) in [6.07, 6.45) is -27.7. The van der Waals surface area contributed by atoms with E-state index in [4.69, 9.17) is 75.8 Å². The van der Waals surface area contributed by atoms with E-state index in [1.807, 2.05) is 0 Å². The zero-order valence-electron chi connectivity index (χ0n) is 60.0. The van der Waals surface area contributed by atoms with Crippen LogP contribution in [0.1, 0.15) is 159 Å². The maximum Gasteiger partial charge on any atom is 0.411 e. The van der Waals surface area contributed by atoms with Gasteiger partial charge >= 0.3 is 60.4 Å². The number of esters is 4. The van der Waals surface area contributed by atoms with Crippen LogP contribution in [0.3, 0.4) is 0 Å². The highest BCUT2D eigenvalue weighted by Crippen LogP contribution is 2.46. The Hall–Kier alpha value is -8.12. The summed E-state index contributed by atoms with van der Waals surface area (Å²) in [7, 11) is 0. The molecule has 38 heteroatoms. The average molecular weight is 1420 g/mol. The van der Waals surface area contributed by atoms with Crippen LogP contribution in [0.5, 0.6) is 0 Å².